The molecule has 3 atom stereocenters. The second-order valence-electron chi connectivity index (χ2n) is 23.4. The number of aromatic nitrogens is 5. The molecule has 13 rings (SSSR count). The molecule has 69 heavy (non-hydrogen) atoms. The van der Waals surface area contributed by atoms with Gasteiger partial charge >= 0.3 is 6.09 Å². The molecule has 0 aliphatic heterocycles. The summed E-state index contributed by atoms with van der Waals surface area (Å²) in [5.41, 5.74) is 3.36. The second-order valence-corrected chi connectivity index (χ2v) is 23.4. The van der Waals surface area contributed by atoms with E-state index < -0.39 is 41.6 Å². The van der Waals surface area contributed by atoms with Crippen molar-refractivity contribution in [3.63, 3.8) is 0 Å². The Balaban J connectivity index is 0.865. The molecule has 2 aromatic carbocycles. The summed E-state index contributed by atoms with van der Waals surface area (Å²) in [5.74, 6) is 4.95. The van der Waals surface area contributed by atoms with Gasteiger partial charge in [0.2, 0.25) is 17.7 Å². The number of nitrogens with one attached hydrogen (secondary N) is 7. The van der Waals surface area contributed by atoms with Crippen molar-refractivity contribution in [2.45, 2.75) is 158 Å². The van der Waals surface area contributed by atoms with Gasteiger partial charge < -0.3 is 41.0 Å². The van der Waals surface area contributed by atoms with E-state index >= 15 is 0 Å². The summed E-state index contributed by atoms with van der Waals surface area (Å²) in [7, 11) is 0. The van der Waals surface area contributed by atoms with Crippen LogP contribution in [0.1, 0.15) is 132 Å². The number of H-pyrrole nitrogens is 3. The summed E-state index contributed by atoms with van der Waals surface area (Å²) in [4.78, 5) is 78.1. The molecule has 5 aromatic rings. The smallest absolute Gasteiger partial charge is 0.408 e. The fourth-order valence-corrected chi connectivity index (χ4v) is 14.8. The van der Waals surface area contributed by atoms with E-state index in [0.29, 0.717) is 0 Å². The van der Waals surface area contributed by atoms with Gasteiger partial charge in [0, 0.05) is 77.5 Å². The minimum atomic E-state index is -1.14. The number of rotatable bonds is 16. The first-order chi connectivity index (χ1) is 33.2. The number of imidazole rings is 2. The molecular formula is C55H69N9O5. The van der Waals surface area contributed by atoms with Crippen molar-refractivity contribution < 1.29 is 23.9 Å². The highest BCUT2D eigenvalue weighted by Gasteiger charge is 2.54. The third-order valence-electron chi connectivity index (χ3n) is 16.9. The molecule has 8 aliphatic rings. The van der Waals surface area contributed by atoms with E-state index in [1.165, 1.54) is 38.5 Å². The molecule has 0 saturated heterocycles. The molecule has 4 amide bonds. The van der Waals surface area contributed by atoms with Gasteiger partial charge in [0.15, 0.2) is 0 Å². The number of benzene rings is 2. The van der Waals surface area contributed by atoms with Crippen LogP contribution in [0.25, 0.3) is 10.9 Å². The number of amides is 4. The molecular weight excluding hydrogens is 867 g/mol. The van der Waals surface area contributed by atoms with Gasteiger partial charge in [0.05, 0.1) is 0 Å². The maximum atomic E-state index is 15.0. The Morgan fingerprint density at radius 3 is 1.59 bits per heavy atom. The highest BCUT2D eigenvalue weighted by Crippen LogP contribution is 2.61. The van der Waals surface area contributed by atoms with Crippen LogP contribution in [0.5, 0.6) is 0 Å². The Hall–Kier alpha value is -5.92. The molecule has 8 saturated carbocycles. The molecule has 0 radical (unpaired) electrons. The highest BCUT2D eigenvalue weighted by molar-refractivity contribution is 5.95. The lowest BCUT2D eigenvalue weighted by atomic mass is 9.49. The standard InChI is InChI=1S/C55H69N9O5/c1-53(2,3)69-52(68)64-46(21-41-31-59-51(61-41)55-25-36-16-37(26-55)18-38(17-36)27-55)49(67)62-44(19-39-29-56-43-12-8-7-11-42(39)43)48(66)63-45(47(65)57-28-32-9-5-4-6-10-32)20-40-30-58-50(60-40)54-22-33-13-34(23-54)15-35(14-33)24-54/h4-12,29-31,33-38,44-46,56H,13-28H2,1-3H3,(H,57,65)(H,58,60)(H,59,61)(H,62,67)(H,63,66)(H,64,68)/t33?,34?,35?,36?,37?,38?,44-,45-,46-,54?,55?/m0/s1. The van der Waals surface area contributed by atoms with Gasteiger partial charge in [-0.15, -0.1) is 0 Å². The minimum Gasteiger partial charge on any atom is -0.444 e. The van der Waals surface area contributed by atoms with Gasteiger partial charge in [-0.2, -0.15) is 0 Å². The molecule has 8 aliphatic carbocycles. The predicted octanol–water partition coefficient (Wildman–Crippen LogP) is 7.76. The van der Waals surface area contributed by atoms with Crippen LogP contribution in [0.4, 0.5) is 4.79 Å². The first-order valence-corrected chi connectivity index (χ1v) is 25.8. The zero-order valence-corrected chi connectivity index (χ0v) is 40.4. The van der Waals surface area contributed by atoms with Gasteiger partial charge in [0.1, 0.15) is 35.4 Å². The summed E-state index contributed by atoms with van der Waals surface area (Å²) < 4.78 is 5.68. The summed E-state index contributed by atoms with van der Waals surface area (Å²) in [6.07, 6.45) is 19.8. The zero-order chi connectivity index (χ0) is 47.5. The maximum Gasteiger partial charge on any atom is 0.408 e. The van der Waals surface area contributed by atoms with Crippen molar-refractivity contribution in [3.8, 4) is 0 Å². The van der Waals surface area contributed by atoms with E-state index in [9.17, 15) is 19.2 Å². The number of carbonyl (C=O) groups excluding carboxylic acids is 4. The van der Waals surface area contributed by atoms with Crippen LogP contribution >= 0.6 is 0 Å². The minimum absolute atomic E-state index is 0.0162. The predicted molar refractivity (Wildman–Crippen MR) is 262 cm³/mol. The number of carbonyl (C=O) groups is 4. The molecule has 364 valence electrons. The number of nitrogens with zero attached hydrogens (tertiary/aromatic N) is 2. The zero-order valence-electron chi connectivity index (χ0n) is 40.4. The third kappa shape index (κ3) is 9.69. The Bertz CT molecular complexity index is 2620. The summed E-state index contributed by atoms with van der Waals surface area (Å²) >= 11 is 0. The number of hydrogen-bond donors (Lipinski definition) is 7. The largest absolute Gasteiger partial charge is 0.444 e. The third-order valence-corrected chi connectivity index (χ3v) is 16.9. The van der Waals surface area contributed by atoms with E-state index in [4.69, 9.17) is 14.7 Å². The summed E-state index contributed by atoms with van der Waals surface area (Å²) in [6.45, 7) is 5.60. The molecule has 3 heterocycles. The molecule has 7 N–H and O–H groups in total. The van der Waals surface area contributed by atoms with Crippen LogP contribution in [0.3, 0.4) is 0 Å². The van der Waals surface area contributed by atoms with Crippen molar-refractivity contribution in [1.82, 2.24) is 46.2 Å². The van der Waals surface area contributed by atoms with Gasteiger partial charge in [-0.3, -0.25) is 14.4 Å². The maximum absolute atomic E-state index is 15.0. The van der Waals surface area contributed by atoms with Crippen LogP contribution in [0, 0.1) is 35.5 Å². The van der Waals surface area contributed by atoms with Crippen LogP contribution < -0.4 is 21.3 Å². The van der Waals surface area contributed by atoms with Crippen molar-refractivity contribution in [1.29, 1.82) is 0 Å². The van der Waals surface area contributed by atoms with Crippen LogP contribution in [0.15, 0.2) is 73.2 Å². The lowest BCUT2D eigenvalue weighted by molar-refractivity contribution is -0.132. The fourth-order valence-electron chi connectivity index (χ4n) is 14.8. The average Bonchev–Trinajstić information content (AvgIpc) is 4.08. The summed E-state index contributed by atoms with van der Waals surface area (Å²) in [6, 6.07) is 14.2. The number of fused-ring (bicyclic) bond motifs is 1. The average molecular weight is 936 g/mol. The Morgan fingerprint density at radius 2 is 1.09 bits per heavy atom. The summed E-state index contributed by atoms with van der Waals surface area (Å²) in [5, 5.41) is 13.0. The Kier molecular flexibility index (Phi) is 11.9. The number of hydrogen-bond acceptors (Lipinski definition) is 7. The van der Waals surface area contributed by atoms with Crippen molar-refractivity contribution in [3.05, 3.63) is 107 Å². The molecule has 14 heteroatoms. The molecule has 3 aromatic heterocycles. The Labute approximate surface area is 404 Å². The molecule has 8 bridgehead atoms. The van der Waals surface area contributed by atoms with Crippen molar-refractivity contribution >= 4 is 34.7 Å². The topological polar surface area (TPSA) is 199 Å². The van der Waals surface area contributed by atoms with E-state index in [2.05, 4.69) is 36.2 Å². The molecule has 8 fully saturated rings. The molecule has 0 unspecified atom stereocenters. The molecule has 0 spiro atoms. The van der Waals surface area contributed by atoms with E-state index in [1.807, 2.05) is 67.0 Å². The number of ether oxygens (including phenoxy) is 1. The fraction of sp³-hybridized carbons (Fsp3) is 0.564. The number of aromatic amines is 3. The van der Waals surface area contributed by atoms with E-state index in [1.54, 1.807) is 27.0 Å². The lowest BCUT2D eigenvalue weighted by Crippen LogP contribution is -2.58. The van der Waals surface area contributed by atoms with Crippen LogP contribution in [-0.2, 0) is 55.8 Å². The SMILES string of the molecule is CC(C)(C)OC(=O)N[C@@H](Cc1cnc(C23CC4CC(CC(C4)C2)C3)[nH]1)C(=O)N[C@@H](Cc1c[nH]c2ccccc12)C(=O)N[C@@H](Cc1cnc(C23CC4CC(CC(C4)C2)C3)[nH]1)C(=O)NCc1ccccc1. The first-order valence-electron chi connectivity index (χ1n) is 25.8. The molecule has 14 nitrogen and oxygen atoms in total. The van der Waals surface area contributed by atoms with E-state index in [0.717, 1.165) is 119 Å². The van der Waals surface area contributed by atoms with Crippen LogP contribution in [0.2, 0.25) is 0 Å². The van der Waals surface area contributed by atoms with Crippen LogP contribution in [-0.4, -0.2) is 72.5 Å². The van der Waals surface area contributed by atoms with Gasteiger partial charge in [-0.25, -0.2) is 14.8 Å². The van der Waals surface area contributed by atoms with E-state index in [-0.39, 0.29) is 42.5 Å². The first kappa shape index (κ1) is 45.5. The van der Waals surface area contributed by atoms with Gasteiger partial charge in [-0.1, -0.05) is 48.5 Å². The van der Waals surface area contributed by atoms with Gasteiger partial charge in [0.25, 0.3) is 0 Å². The highest BCUT2D eigenvalue weighted by atomic mass is 16.6. The van der Waals surface area contributed by atoms with Gasteiger partial charge in [-0.05, 0) is 151 Å². The van der Waals surface area contributed by atoms with Crippen molar-refractivity contribution in [2.24, 2.45) is 35.5 Å². The monoisotopic (exact) mass is 936 g/mol. The Morgan fingerprint density at radius 1 is 0.623 bits per heavy atom. The quantitative estimate of drug-likeness (QED) is 0.0525. The number of alkyl carbamates (subject to hydrolysis) is 1. The second kappa shape index (κ2) is 18.1. The normalized spacial score (nSPS) is 28.8. The van der Waals surface area contributed by atoms with Crippen molar-refractivity contribution in [2.75, 3.05) is 0 Å². The number of para-hydroxylation sites is 1. The lowest BCUT2D eigenvalue weighted by Gasteiger charge is -2.56.